The maximum Gasteiger partial charge on any atom is 0.444 e. The van der Waals surface area contributed by atoms with Crippen molar-refractivity contribution >= 4 is 21.7 Å². The molecule has 0 fully saturated rings. The van der Waals surface area contributed by atoms with Gasteiger partial charge < -0.3 is 4.74 Å². The van der Waals surface area contributed by atoms with Crippen LogP contribution in [0.5, 0.6) is 5.75 Å². The number of hydrogen-bond acceptors (Lipinski definition) is 3. The molecule has 18 heavy (non-hydrogen) atoms. The lowest BCUT2D eigenvalue weighted by molar-refractivity contribution is -0.199. The van der Waals surface area contributed by atoms with Gasteiger partial charge in [0.1, 0.15) is 11.5 Å². The van der Waals surface area contributed by atoms with E-state index in [4.69, 9.17) is 4.55 Å². The zero-order valence-corrected chi connectivity index (χ0v) is 10.3. The minimum atomic E-state index is -4.43. The summed E-state index contributed by atoms with van der Waals surface area (Å²) in [6, 6.07) is 4.77. The molecule has 0 saturated heterocycles. The first kappa shape index (κ1) is 15.1. The summed E-state index contributed by atoms with van der Waals surface area (Å²) in [5.41, 5.74) is -3.33. The number of hydrogen-bond donors (Lipinski definition) is 1. The summed E-state index contributed by atoms with van der Waals surface area (Å²) in [6.07, 6.45) is -4.31. The predicted molar refractivity (Wildman–Crippen MR) is 58.0 cm³/mol. The fraction of sp³-hybridized carbons (Fsp3) is 0.333. The first-order valence-electron chi connectivity index (χ1n) is 4.50. The average Bonchev–Trinajstić information content (AvgIpc) is 2.18. The van der Waals surface area contributed by atoms with E-state index < -0.39 is 33.4 Å². The third-order valence-corrected chi connectivity index (χ3v) is 2.74. The Morgan fingerprint density at radius 2 is 1.94 bits per heavy atom. The highest BCUT2D eigenvalue weighted by molar-refractivity contribution is 7.85. The maximum atomic E-state index is 12.9. The lowest BCUT2D eigenvalue weighted by Crippen LogP contribution is -2.33. The van der Waals surface area contributed by atoms with Crippen molar-refractivity contribution in [3.05, 3.63) is 29.8 Å². The summed E-state index contributed by atoms with van der Waals surface area (Å²) < 4.78 is 72.2. The second-order valence-electron chi connectivity index (χ2n) is 3.30. The molecule has 0 bridgehead atoms. The van der Waals surface area contributed by atoms with Crippen molar-refractivity contribution in [1.29, 1.82) is 0 Å². The molecular formula is C9H8ClF3O4S. The molecule has 1 N–H and O–H groups in total. The molecule has 0 aliphatic carbocycles. The highest BCUT2D eigenvalue weighted by Crippen LogP contribution is 2.31. The minimum Gasteiger partial charge on any atom is -0.429 e. The van der Waals surface area contributed by atoms with Gasteiger partial charge in [0, 0.05) is 5.56 Å². The van der Waals surface area contributed by atoms with E-state index in [0.29, 0.717) is 0 Å². The number of rotatable bonds is 5. The molecule has 0 aliphatic heterocycles. The lowest BCUT2D eigenvalue weighted by atomic mass is 10.2. The summed E-state index contributed by atoms with van der Waals surface area (Å²) in [5.74, 6) is -1.51. The number of benzene rings is 1. The van der Waals surface area contributed by atoms with Gasteiger partial charge in [-0.2, -0.15) is 17.2 Å². The van der Waals surface area contributed by atoms with Crippen LogP contribution in [0, 0.1) is 0 Å². The standard InChI is InChI=1S/C9H8ClF3O4S/c10-8(11)9(12,13)17-7-4-2-1-3-6(7)5-18(14,15)16/h1-4,8H,5H2,(H,14,15,16). The first-order chi connectivity index (χ1) is 8.12. The second-order valence-corrected chi connectivity index (χ2v) is 5.13. The quantitative estimate of drug-likeness (QED) is 0.671. The molecule has 1 aromatic rings. The third kappa shape index (κ3) is 4.35. The van der Waals surface area contributed by atoms with E-state index in [1.54, 1.807) is 0 Å². The van der Waals surface area contributed by atoms with E-state index in [1.807, 2.05) is 0 Å². The average molecular weight is 305 g/mol. The molecule has 1 aromatic carbocycles. The van der Waals surface area contributed by atoms with Crippen LogP contribution in [0.25, 0.3) is 0 Å². The Balaban J connectivity index is 3.03. The molecule has 1 atom stereocenters. The van der Waals surface area contributed by atoms with Crippen LogP contribution in [0.4, 0.5) is 13.2 Å². The van der Waals surface area contributed by atoms with Gasteiger partial charge >= 0.3 is 6.11 Å². The topological polar surface area (TPSA) is 63.6 Å². The number of alkyl halides is 4. The second kappa shape index (κ2) is 5.33. The van der Waals surface area contributed by atoms with Gasteiger partial charge in [-0.25, -0.2) is 4.39 Å². The molecule has 4 nitrogen and oxygen atoms in total. The lowest BCUT2D eigenvalue weighted by Gasteiger charge is -2.19. The van der Waals surface area contributed by atoms with E-state index in [-0.39, 0.29) is 5.56 Å². The summed E-state index contributed by atoms with van der Waals surface area (Å²) >= 11 is 4.60. The molecule has 0 heterocycles. The van der Waals surface area contributed by atoms with Crippen LogP contribution >= 0.6 is 11.6 Å². The minimum absolute atomic E-state index is 0.239. The fourth-order valence-corrected chi connectivity index (χ4v) is 1.79. The van der Waals surface area contributed by atoms with Crippen LogP contribution in [-0.2, 0) is 15.9 Å². The summed E-state index contributed by atoms with van der Waals surface area (Å²) in [4.78, 5) is 0. The molecule has 1 rings (SSSR count). The Hall–Kier alpha value is -0.990. The van der Waals surface area contributed by atoms with Gasteiger partial charge in [-0.05, 0) is 6.07 Å². The van der Waals surface area contributed by atoms with Crippen LogP contribution in [0.2, 0.25) is 0 Å². The molecule has 0 spiro atoms. The van der Waals surface area contributed by atoms with Crippen LogP contribution < -0.4 is 4.74 Å². The molecule has 0 saturated carbocycles. The molecule has 9 heteroatoms. The van der Waals surface area contributed by atoms with Gasteiger partial charge in [0.05, 0.1) is 0 Å². The van der Waals surface area contributed by atoms with Crippen molar-refractivity contribution in [2.75, 3.05) is 0 Å². The summed E-state index contributed by atoms with van der Waals surface area (Å²) in [6.45, 7) is 0. The van der Waals surface area contributed by atoms with Gasteiger partial charge in [-0.1, -0.05) is 29.8 Å². The van der Waals surface area contributed by atoms with Gasteiger partial charge in [0.2, 0.25) is 0 Å². The van der Waals surface area contributed by atoms with E-state index >= 15 is 0 Å². The fourth-order valence-electron chi connectivity index (χ4n) is 1.11. The van der Waals surface area contributed by atoms with E-state index in [2.05, 4.69) is 16.3 Å². The van der Waals surface area contributed by atoms with E-state index in [9.17, 15) is 21.6 Å². The zero-order valence-electron chi connectivity index (χ0n) is 8.69. The highest BCUT2D eigenvalue weighted by atomic mass is 35.5. The third-order valence-electron chi connectivity index (χ3n) is 1.81. The number of halogens is 4. The van der Waals surface area contributed by atoms with Crippen LogP contribution in [0.15, 0.2) is 24.3 Å². The molecule has 0 amide bonds. The molecular weight excluding hydrogens is 297 g/mol. The number of ether oxygens (including phenoxy) is 1. The normalized spacial score (nSPS) is 14.3. The van der Waals surface area contributed by atoms with Gasteiger partial charge in [0.25, 0.3) is 15.7 Å². The van der Waals surface area contributed by atoms with E-state index in [0.717, 1.165) is 12.1 Å². The maximum absolute atomic E-state index is 12.9. The van der Waals surface area contributed by atoms with Crippen molar-refractivity contribution in [2.45, 2.75) is 17.5 Å². The highest BCUT2D eigenvalue weighted by Gasteiger charge is 2.42. The molecule has 0 aliphatic rings. The van der Waals surface area contributed by atoms with Crippen LogP contribution in [-0.4, -0.2) is 24.7 Å². The Kier molecular flexibility index (Phi) is 4.46. The zero-order chi connectivity index (χ0) is 14.0. The van der Waals surface area contributed by atoms with Crippen molar-refractivity contribution in [1.82, 2.24) is 0 Å². The predicted octanol–water partition coefficient (Wildman–Crippen LogP) is 2.58. The summed E-state index contributed by atoms with van der Waals surface area (Å²) in [7, 11) is -4.43. The van der Waals surface area contributed by atoms with Crippen molar-refractivity contribution in [3.63, 3.8) is 0 Å². The van der Waals surface area contributed by atoms with E-state index in [1.165, 1.54) is 12.1 Å². The first-order valence-corrected chi connectivity index (χ1v) is 6.54. The van der Waals surface area contributed by atoms with Crippen molar-refractivity contribution < 1.29 is 30.9 Å². The van der Waals surface area contributed by atoms with Gasteiger partial charge in [-0.15, -0.1) is 0 Å². The Labute approximate surface area is 106 Å². The molecule has 0 aromatic heterocycles. The largest absolute Gasteiger partial charge is 0.444 e. The van der Waals surface area contributed by atoms with Crippen LogP contribution in [0.3, 0.4) is 0 Å². The molecule has 102 valence electrons. The van der Waals surface area contributed by atoms with Gasteiger partial charge in [0.15, 0.2) is 0 Å². The summed E-state index contributed by atoms with van der Waals surface area (Å²) in [5, 5.41) is 0. The Bertz CT molecular complexity index is 518. The van der Waals surface area contributed by atoms with Crippen LogP contribution in [0.1, 0.15) is 5.56 Å². The molecule has 0 radical (unpaired) electrons. The smallest absolute Gasteiger partial charge is 0.429 e. The number of para-hydroxylation sites is 1. The monoisotopic (exact) mass is 304 g/mol. The Morgan fingerprint density at radius 1 is 1.39 bits per heavy atom. The Morgan fingerprint density at radius 3 is 2.44 bits per heavy atom. The van der Waals surface area contributed by atoms with Gasteiger partial charge in [-0.3, -0.25) is 4.55 Å². The van der Waals surface area contributed by atoms with Crippen molar-refractivity contribution in [2.24, 2.45) is 0 Å². The SMILES string of the molecule is O=S(=O)(O)Cc1ccccc1OC(F)(F)C(F)Cl. The molecule has 1 unspecified atom stereocenters. The van der Waals surface area contributed by atoms with Crippen molar-refractivity contribution in [3.8, 4) is 5.75 Å².